The van der Waals surface area contributed by atoms with Crippen LogP contribution in [0.2, 0.25) is 0 Å². The highest BCUT2D eigenvalue weighted by molar-refractivity contribution is 5.94. The molecule has 1 heterocycles. The lowest BCUT2D eigenvalue weighted by Gasteiger charge is -2.06. The van der Waals surface area contributed by atoms with E-state index in [1.807, 2.05) is 48.8 Å². The van der Waals surface area contributed by atoms with Gasteiger partial charge < -0.3 is 9.30 Å². The average Bonchev–Trinajstić information content (AvgIpc) is 3.01. The number of aryl methyl sites for hydroxylation is 1. The predicted octanol–water partition coefficient (Wildman–Crippen LogP) is 4.75. The second-order valence-electron chi connectivity index (χ2n) is 5.84. The molecule has 0 aliphatic rings. The summed E-state index contributed by atoms with van der Waals surface area (Å²) < 4.78 is 7.31. The van der Waals surface area contributed by atoms with Crippen LogP contribution in [0, 0.1) is 6.92 Å². The summed E-state index contributed by atoms with van der Waals surface area (Å²) in [5.74, 6) is 0.895. The van der Waals surface area contributed by atoms with E-state index in [1.54, 1.807) is 26.2 Å². The molecule has 0 atom stereocenters. The summed E-state index contributed by atoms with van der Waals surface area (Å²) in [5, 5.41) is 0. The number of aliphatic imine (C=N–C) groups is 1. The van der Waals surface area contributed by atoms with Crippen LogP contribution in [0.3, 0.4) is 0 Å². The lowest BCUT2D eigenvalue weighted by atomic mass is 10.1. The molecule has 4 heteroatoms. The van der Waals surface area contributed by atoms with Gasteiger partial charge in [0.2, 0.25) is 0 Å². The van der Waals surface area contributed by atoms with Gasteiger partial charge in [0.15, 0.2) is 5.78 Å². The van der Waals surface area contributed by atoms with Crippen LogP contribution >= 0.6 is 0 Å². The molecule has 0 bridgehead atoms. The first kappa shape index (κ1) is 16.7. The van der Waals surface area contributed by atoms with Crippen LogP contribution in [0.25, 0.3) is 5.69 Å². The summed E-state index contributed by atoms with van der Waals surface area (Å²) in [4.78, 5) is 15.8. The van der Waals surface area contributed by atoms with Crippen molar-refractivity contribution >= 4 is 17.7 Å². The smallest absolute Gasteiger partial charge is 0.159 e. The minimum Gasteiger partial charge on any atom is -0.497 e. The van der Waals surface area contributed by atoms with Gasteiger partial charge >= 0.3 is 0 Å². The number of aromatic nitrogens is 1. The van der Waals surface area contributed by atoms with Gasteiger partial charge in [0.1, 0.15) is 5.75 Å². The van der Waals surface area contributed by atoms with Gasteiger partial charge in [0.25, 0.3) is 0 Å². The standard InChI is InChI=1S/C21H20N2O2/c1-15-12-17(13-22-19-6-4-18(5-7-19)16(2)24)14-23(15)20-8-10-21(25-3)11-9-20/h4-14H,1-3H3. The van der Waals surface area contributed by atoms with E-state index in [-0.39, 0.29) is 5.78 Å². The van der Waals surface area contributed by atoms with E-state index in [1.165, 1.54) is 0 Å². The maximum absolute atomic E-state index is 11.3. The van der Waals surface area contributed by atoms with Crippen molar-refractivity contribution in [3.63, 3.8) is 0 Å². The van der Waals surface area contributed by atoms with E-state index in [2.05, 4.69) is 22.5 Å². The molecule has 0 saturated heterocycles. The highest BCUT2D eigenvalue weighted by atomic mass is 16.5. The van der Waals surface area contributed by atoms with Crippen LogP contribution in [0.5, 0.6) is 5.75 Å². The largest absolute Gasteiger partial charge is 0.497 e. The molecule has 1 aromatic heterocycles. The van der Waals surface area contributed by atoms with Gasteiger partial charge in [-0.1, -0.05) is 0 Å². The lowest BCUT2D eigenvalue weighted by molar-refractivity contribution is 0.101. The topological polar surface area (TPSA) is 43.6 Å². The molecule has 0 aliphatic heterocycles. The number of carbonyl (C=O) groups excluding carboxylic acids is 1. The summed E-state index contributed by atoms with van der Waals surface area (Å²) >= 11 is 0. The van der Waals surface area contributed by atoms with Crippen LogP contribution in [0.15, 0.2) is 65.8 Å². The van der Waals surface area contributed by atoms with E-state index in [4.69, 9.17) is 4.74 Å². The fraction of sp³-hybridized carbons (Fsp3) is 0.143. The number of Topliss-reactive ketones (excluding diaryl/α,β-unsaturated/α-hetero) is 1. The van der Waals surface area contributed by atoms with Crippen LogP contribution < -0.4 is 4.74 Å². The number of nitrogens with zero attached hydrogens (tertiary/aromatic N) is 2. The number of hydrogen-bond donors (Lipinski definition) is 0. The minimum atomic E-state index is 0.0581. The highest BCUT2D eigenvalue weighted by Crippen LogP contribution is 2.19. The van der Waals surface area contributed by atoms with Crippen molar-refractivity contribution in [1.82, 2.24) is 4.57 Å². The van der Waals surface area contributed by atoms with Crippen molar-refractivity contribution in [2.75, 3.05) is 7.11 Å². The van der Waals surface area contributed by atoms with Gasteiger partial charge in [-0.15, -0.1) is 0 Å². The Kier molecular flexibility index (Phi) is 4.80. The van der Waals surface area contributed by atoms with E-state index in [9.17, 15) is 4.79 Å². The Labute approximate surface area is 147 Å². The molecule has 25 heavy (non-hydrogen) atoms. The molecule has 0 aliphatic carbocycles. The molecule has 0 unspecified atom stereocenters. The lowest BCUT2D eigenvalue weighted by Crippen LogP contribution is -1.94. The van der Waals surface area contributed by atoms with Crippen LogP contribution in [-0.4, -0.2) is 23.7 Å². The molecular formula is C21H20N2O2. The number of hydrogen-bond acceptors (Lipinski definition) is 3. The maximum atomic E-state index is 11.3. The second-order valence-corrected chi connectivity index (χ2v) is 5.84. The summed E-state index contributed by atoms with van der Waals surface area (Å²) in [6.45, 7) is 3.62. The molecule has 126 valence electrons. The van der Waals surface area contributed by atoms with Gasteiger partial charge in [0.05, 0.1) is 12.8 Å². The number of benzene rings is 2. The molecule has 0 saturated carbocycles. The average molecular weight is 332 g/mol. The Morgan fingerprint density at radius 2 is 1.76 bits per heavy atom. The van der Waals surface area contributed by atoms with Gasteiger partial charge in [0, 0.05) is 34.9 Å². The zero-order valence-corrected chi connectivity index (χ0v) is 14.6. The Bertz CT molecular complexity index is 904. The van der Waals surface area contributed by atoms with Gasteiger partial charge in [-0.2, -0.15) is 0 Å². The SMILES string of the molecule is COc1ccc(-n2cc(C=Nc3ccc(C(C)=O)cc3)cc2C)cc1. The molecule has 3 rings (SSSR count). The van der Waals surface area contributed by atoms with Crippen LogP contribution in [0.4, 0.5) is 5.69 Å². The normalized spacial score (nSPS) is 11.0. The first-order valence-electron chi connectivity index (χ1n) is 8.05. The minimum absolute atomic E-state index is 0.0581. The molecule has 0 spiro atoms. The third kappa shape index (κ3) is 3.86. The molecule has 3 aromatic rings. The number of rotatable bonds is 5. The molecular weight excluding hydrogens is 312 g/mol. The fourth-order valence-corrected chi connectivity index (χ4v) is 2.62. The Morgan fingerprint density at radius 1 is 1.08 bits per heavy atom. The van der Waals surface area contributed by atoms with Crippen molar-refractivity contribution < 1.29 is 9.53 Å². The van der Waals surface area contributed by atoms with Gasteiger partial charge in [-0.25, -0.2) is 0 Å². The quantitative estimate of drug-likeness (QED) is 0.500. The highest BCUT2D eigenvalue weighted by Gasteiger charge is 2.04. The first-order valence-corrected chi connectivity index (χ1v) is 8.05. The second kappa shape index (κ2) is 7.18. The van der Waals surface area contributed by atoms with Gasteiger partial charge in [-0.3, -0.25) is 9.79 Å². The third-order valence-electron chi connectivity index (χ3n) is 4.02. The summed E-state index contributed by atoms with van der Waals surface area (Å²) in [6.07, 6.45) is 3.88. The zero-order chi connectivity index (χ0) is 17.8. The van der Waals surface area contributed by atoms with Gasteiger partial charge in [-0.05, 0) is 68.4 Å². The number of ether oxygens (including phenoxy) is 1. The predicted molar refractivity (Wildman–Crippen MR) is 101 cm³/mol. The van der Waals surface area contributed by atoms with E-state index in [0.717, 1.165) is 28.4 Å². The van der Waals surface area contributed by atoms with Crippen molar-refractivity contribution in [3.05, 3.63) is 77.6 Å². The summed E-state index contributed by atoms with van der Waals surface area (Å²) in [7, 11) is 1.66. The molecule has 0 amide bonds. The molecule has 2 aromatic carbocycles. The van der Waals surface area contributed by atoms with E-state index in [0.29, 0.717) is 5.56 Å². The van der Waals surface area contributed by atoms with Crippen LogP contribution in [0.1, 0.15) is 28.5 Å². The molecule has 0 fully saturated rings. The fourth-order valence-electron chi connectivity index (χ4n) is 2.62. The Morgan fingerprint density at radius 3 is 2.36 bits per heavy atom. The van der Waals surface area contributed by atoms with E-state index < -0.39 is 0 Å². The summed E-state index contributed by atoms with van der Waals surface area (Å²) in [5.41, 5.74) is 4.73. The number of carbonyl (C=O) groups is 1. The first-order chi connectivity index (χ1) is 12.1. The van der Waals surface area contributed by atoms with E-state index >= 15 is 0 Å². The summed E-state index contributed by atoms with van der Waals surface area (Å²) in [6, 6.07) is 17.3. The van der Waals surface area contributed by atoms with Crippen molar-refractivity contribution in [2.45, 2.75) is 13.8 Å². The molecule has 0 radical (unpaired) electrons. The van der Waals surface area contributed by atoms with Crippen molar-refractivity contribution in [2.24, 2.45) is 4.99 Å². The Balaban J connectivity index is 1.80. The molecule has 0 N–H and O–H groups in total. The Hall–Kier alpha value is -3.14. The zero-order valence-electron chi connectivity index (χ0n) is 14.6. The van der Waals surface area contributed by atoms with Crippen molar-refractivity contribution in [3.8, 4) is 11.4 Å². The monoisotopic (exact) mass is 332 g/mol. The van der Waals surface area contributed by atoms with Crippen molar-refractivity contribution in [1.29, 1.82) is 0 Å². The third-order valence-corrected chi connectivity index (χ3v) is 4.02. The maximum Gasteiger partial charge on any atom is 0.159 e. The number of ketones is 1. The number of methoxy groups -OCH3 is 1. The molecule has 4 nitrogen and oxygen atoms in total. The van der Waals surface area contributed by atoms with Crippen LogP contribution in [-0.2, 0) is 0 Å².